The topological polar surface area (TPSA) is 13.1 Å². The zero-order valence-corrected chi connectivity index (χ0v) is 28.8. The lowest BCUT2D eigenvalue weighted by atomic mass is 9.94. The third kappa shape index (κ3) is 6.72. The Kier molecular flexibility index (Phi) is 10.2. The van der Waals surface area contributed by atoms with Crippen LogP contribution in [0.1, 0.15) is 19.4 Å². The van der Waals surface area contributed by atoms with E-state index in [1.54, 1.807) is 6.26 Å². The van der Waals surface area contributed by atoms with Crippen LogP contribution in [0.15, 0.2) is 168 Å². The Bertz CT molecular complexity index is 2280. The predicted octanol–water partition coefficient (Wildman–Crippen LogP) is 13.8. The smallest absolute Gasteiger partial charge is 0.143 e. The van der Waals surface area contributed by atoms with Crippen LogP contribution in [0.3, 0.4) is 0 Å². The SMILES string of the molecule is CC.CS.Cc1cccc(-c2cccc(-c3cccc(-c4ccc5oc6c(-c7ccccc7)cc(-c7ccccc7)cc6c5c4)c3)c2)c1. The molecular formula is C46H40OS. The molecule has 8 aromatic rings. The number of benzene rings is 7. The predicted molar refractivity (Wildman–Crippen MR) is 212 cm³/mol. The standard InChI is InChI=1S/C43H30O.C2H6.CH4S/c1-29-11-8-16-32(23-29)33-17-9-18-34(24-33)35-19-10-20-36(25-35)37-21-22-42-40(26-37)41-28-38(30-12-4-2-5-13-30)27-39(43(41)44-42)31-14-6-3-7-15-31;2*1-2/h2-28H,1H3;1-2H3;2H,1H3. The summed E-state index contributed by atoms with van der Waals surface area (Å²) < 4.78 is 6.58. The number of hydrogen-bond donors (Lipinski definition) is 1. The van der Waals surface area contributed by atoms with E-state index in [9.17, 15) is 0 Å². The average Bonchev–Trinajstić information content (AvgIpc) is 3.55. The van der Waals surface area contributed by atoms with Crippen LogP contribution in [0.4, 0.5) is 0 Å². The van der Waals surface area contributed by atoms with Crippen molar-refractivity contribution in [3.63, 3.8) is 0 Å². The summed E-state index contributed by atoms with van der Waals surface area (Å²) in [6.07, 6.45) is 1.69. The summed E-state index contributed by atoms with van der Waals surface area (Å²) >= 11 is 3.53. The van der Waals surface area contributed by atoms with Crippen molar-refractivity contribution in [1.29, 1.82) is 0 Å². The number of rotatable bonds is 5. The Hall–Kier alpha value is -5.31. The monoisotopic (exact) mass is 640 g/mol. The van der Waals surface area contributed by atoms with E-state index in [-0.39, 0.29) is 0 Å². The van der Waals surface area contributed by atoms with Gasteiger partial charge in [0, 0.05) is 16.3 Å². The summed E-state index contributed by atoms with van der Waals surface area (Å²) in [7, 11) is 0. The normalized spacial score (nSPS) is 10.6. The van der Waals surface area contributed by atoms with Crippen LogP contribution < -0.4 is 0 Å². The van der Waals surface area contributed by atoms with E-state index in [1.165, 1.54) is 50.1 Å². The van der Waals surface area contributed by atoms with Gasteiger partial charge < -0.3 is 4.42 Å². The number of aryl methyl sites for hydroxylation is 1. The largest absolute Gasteiger partial charge is 0.455 e. The highest BCUT2D eigenvalue weighted by atomic mass is 32.1. The van der Waals surface area contributed by atoms with Gasteiger partial charge in [0.2, 0.25) is 0 Å². The van der Waals surface area contributed by atoms with Crippen LogP contribution >= 0.6 is 12.6 Å². The number of hydrogen-bond acceptors (Lipinski definition) is 2. The maximum atomic E-state index is 6.58. The maximum Gasteiger partial charge on any atom is 0.143 e. The van der Waals surface area contributed by atoms with Crippen LogP contribution in [0.5, 0.6) is 0 Å². The molecule has 0 fully saturated rings. The van der Waals surface area contributed by atoms with Crippen molar-refractivity contribution in [2.45, 2.75) is 20.8 Å². The fourth-order valence-electron chi connectivity index (χ4n) is 6.27. The highest BCUT2D eigenvalue weighted by Gasteiger charge is 2.16. The van der Waals surface area contributed by atoms with Gasteiger partial charge in [0.05, 0.1) is 0 Å². The van der Waals surface area contributed by atoms with Gasteiger partial charge in [0.25, 0.3) is 0 Å². The second kappa shape index (κ2) is 15.1. The number of furan rings is 1. The molecule has 0 amide bonds. The zero-order valence-electron chi connectivity index (χ0n) is 27.9. The minimum absolute atomic E-state index is 0.896. The molecule has 0 aliphatic rings. The Labute approximate surface area is 290 Å². The van der Waals surface area contributed by atoms with Gasteiger partial charge in [-0.25, -0.2) is 0 Å². The fourth-order valence-corrected chi connectivity index (χ4v) is 6.27. The molecule has 0 aliphatic heterocycles. The molecule has 1 heterocycles. The quantitative estimate of drug-likeness (QED) is 0.185. The minimum Gasteiger partial charge on any atom is -0.455 e. The van der Waals surface area contributed by atoms with Crippen molar-refractivity contribution in [2.75, 3.05) is 6.26 Å². The summed E-state index contributed by atoms with van der Waals surface area (Å²) in [5.74, 6) is 0. The van der Waals surface area contributed by atoms with Crippen molar-refractivity contribution in [1.82, 2.24) is 0 Å². The van der Waals surface area contributed by atoms with Gasteiger partial charge in [-0.2, -0.15) is 12.6 Å². The molecule has 0 N–H and O–H groups in total. The fraction of sp³-hybridized carbons (Fsp3) is 0.0870. The third-order valence-corrected chi connectivity index (χ3v) is 8.51. The summed E-state index contributed by atoms with van der Waals surface area (Å²) in [4.78, 5) is 0. The van der Waals surface area contributed by atoms with Gasteiger partial charge in [0.15, 0.2) is 0 Å². The molecule has 1 nitrogen and oxygen atoms in total. The van der Waals surface area contributed by atoms with Crippen molar-refractivity contribution in [2.24, 2.45) is 0 Å². The second-order valence-corrected chi connectivity index (χ2v) is 11.5. The first-order valence-electron chi connectivity index (χ1n) is 16.5. The average molecular weight is 641 g/mol. The number of fused-ring (bicyclic) bond motifs is 3. The molecule has 0 spiro atoms. The molecule has 0 bridgehead atoms. The third-order valence-electron chi connectivity index (χ3n) is 8.51. The van der Waals surface area contributed by atoms with Crippen molar-refractivity contribution in [3.05, 3.63) is 169 Å². The molecule has 0 atom stereocenters. The molecule has 0 aliphatic carbocycles. The molecule has 0 saturated heterocycles. The highest BCUT2D eigenvalue weighted by molar-refractivity contribution is 7.79. The van der Waals surface area contributed by atoms with E-state index in [4.69, 9.17) is 4.42 Å². The van der Waals surface area contributed by atoms with E-state index in [0.29, 0.717) is 0 Å². The Balaban J connectivity index is 0.000000969. The van der Waals surface area contributed by atoms with Crippen LogP contribution in [0, 0.1) is 6.92 Å². The molecular weight excluding hydrogens is 601 g/mol. The van der Waals surface area contributed by atoms with Crippen molar-refractivity contribution >= 4 is 34.6 Å². The maximum absolute atomic E-state index is 6.58. The van der Waals surface area contributed by atoms with Crippen LogP contribution in [0.2, 0.25) is 0 Å². The molecule has 7 aromatic carbocycles. The molecule has 0 radical (unpaired) electrons. The van der Waals surface area contributed by atoms with Gasteiger partial charge in [-0.15, -0.1) is 0 Å². The first-order chi connectivity index (χ1) is 23.7. The Morgan fingerprint density at radius 1 is 0.375 bits per heavy atom. The lowest BCUT2D eigenvalue weighted by Crippen LogP contribution is -1.84. The highest BCUT2D eigenvalue weighted by Crippen LogP contribution is 2.41. The van der Waals surface area contributed by atoms with Crippen molar-refractivity contribution < 1.29 is 4.42 Å². The molecule has 2 heteroatoms. The molecule has 48 heavy (non-hydrogen) atoms. The van der Waals surface area contributed by atoms with Gasteiger partial charge in [0.1, 0.15) is 11.2 Å². The molecule has 1 aromatic heterocycles. The van der Waals surface area contributed by atoms with Crippen LogP contribution in [0.25, 0.3) is 77.6 Å². The van der Waals surface area contributed by atoms with E-state index < -0.39 is 0 Å². The van der Waals surface area contributed by atoms with Crippen LogP contribution in [-0.4, -0.2) is 6.26 Å². The lowest BCUT2D eigenvalue weighted by Gasteiger charge is -2.09. The van der Waals surface area contributed by atoms with Gasteiger partial charge in [-0.3, -0.25) is 0 Å². The van der Waals surface area contributed by atoms with Gasteiger partial charge in [-0.05, 0) is 99.6 Å². The van der Waals surface area contributed by atoms with E-state index in [2.05, 4.69) is 183 Å². The van der Waals surface area contributed by atoms with E-state index in [0.717, 1.165) is 33.1 Å². The molecule has 8 rings (SSSR count). The summed E-state index contributed by atoms with van der Waals surface area (Å²) in [5, 5.41) is 2.25. The molecule has 236 valence electrons. The summed E-state index contributed by atoms with van der Waals surface area (Å²) in [6.45, 7) is 6.14. The summed E-state index contributed by atoms with van der Waals surface area (Å²) in [6, 6.07) is 58.6. The minimum atomic E-state index is 0.896. The lowest BCUT2D eigenvalue weighted by molar-refractivity contribution is 0.670. The molecule has 0 unspecified atom stereocenters. The van der Waals surface area contributed by atoms with Crippen LogP contribution in [-0.2, 0) is 0 Å². The zero-order chi connectivity index (χ0) is 33.5. The van der Waals surface area contributed by atoms with E-state index in [1.807, 2.05) is 13.8 Å². The van der Waals surface area contributed by atoms with Gasteiger partial charge in [-0.1, -0.05) is 147 Å². The second-order valence-electron chi connectivity index (χ2n) is 11.5. The Morgan fingerprint density at radius 3 is 1.40 bits per heavy atom. The first kappa shape index (κ1) is 32.6. The summed E-state index contributed by atoms with van der Waals surface area (Å²) in [5.41, 5.74) is 14.9. The van der Waals surface area contributed by atoms with E-state index >= 15 is 0 Å². The number of thiol groups is 1. The Morgan fingerprint density at radius 2 is 0.833 bits per heavy atom. The van der Waals surface area contributed by atoms with Gasteiger partial charge >= 0.3 is 0 Å². The van der Waals surface area contributed by atoms with Crippen molar-refractivity contribution in [3.8, 4) is 55.6 Å². The molecule has 0 saturated carbocycles. The first-order valence-corrected chi connectivity index (χ1v) is 17.4.